The minimum absolute atomic E-state index is 0.0153. The predicted molar refractivity (Wildman–Crippen MR) is 117 cm³/mol. The first-order valence-corrected chi connectivity index (χ1v) is 10.1. The van der Waals surface area contributed by atoms with Crippen LogP contribution in [0.3, 0.4) is 0 Å². The van der Waals surface area contributed by atoms with E-state index in [1.54, 1.807) is 54.6 Å². The molecule has 3 aromatic rings. The first kappa shape index (κ1) is 21.9. The Bertz CT molecular complexity index is 1230. The number of hydrogen-bond donors (Lipinski definition) is 1. The summed E-state index contributed by atoms with van der Waals surface area (Å²) in [6.07, 6.45) is 1.35. The molecule has 2 heterocycles. The Morgan fingerprint density at radius 3 is 2.45 bits per heavy atom. The Hall–Kier alpha value is -4.33. The number of hydrogen-bond acceptors (Lipinski definition) is 7. The molecule has 1 aliphatic rings. The normalized spacial score (nSPS) is 15.6. The fourth-order valence-electron chi connectivity index (χ4n) is 3.81. The van der Waals surface area contributed by atoms with Crippen molar-refractivity contribution in [3.05, 3.63) is 101 Å². The molecule has 0 spiro atoms. The molecule has 33 heavy (non-hydrogen) atoms. The smallest absolute Gasteiger partial charge is 0.337 e. The monoisotopic (exact) mass is 447 g/mol. The van der Waals surface area contributed by atoms with Crippen molar-refractivity contribution in [2.75, 3.05) is 14.2 Å². The Kier molecular flexibility index (Phi) is 5.99. The van der Waals surface area contributed by atoms with Crippen molar-refractivity contribution in [1.82, 2.24) is 4.90 Å². The van der Waals surface area contributed by atoms with E-state index in [4.69, 9.17) is 13.9 Å². The summed E-state index contributed by atoms with van der Waals surface area (Å²) in [6.45, 7) is 0.0845. The standard InChI is InChI=1S/C25H21NO7/c1-31-18-6-3-5-17(13-18)21-20(22(27)19-7-4-12-33-19)23(28)24(29)26(21)14-15-8-10-16(11-9-15)25(30)32-2/h3-13,21,28H,14H2,1-2H3. The summed E-state index contributed by atoms with van der Waals surface area (Å²) in [6, 6.07) is 15.7. The first-order chi connectivity index (χ1) is 15.9. The van der Waals surface area contributed by atoms with Gasteiger partial charge in [-0.3, -0.25) is 9.59 Å². The highest BCUT2D eigenvalue weighted by Crippen LogP contribution is 2.40. The maximum Gasteiger partial charge on any atom is 0.337 e. The van der Waals surface area contributed by atoms with Crippen molar-refractivity contribution in [2.45, 2.75) is 12.6 Å². The van der Waals surface area contributed by atoms with Crippen LogP contribution in [0, 0.1) is 0 Å². The second kappa shape index (κ2) is 9.04. The summed E-state index contributed by atoms with van der Waals surface area (Å²) >= 11 is 0. The van der Waals surface area contributed by atoms with E-state index in [2.05, 4.69) is 0 Å². The van der Waals surface area contributed by atoms with E-state index in [-0.39, 0.29) is 17.9 Å². The maximum atomic E-state index is 13.2. The van der Waals surface area contributed by atoms with Crippen molar-refractivity contribution < 1.29 is 33.4 Å². The van der Waals surface area contributed by atoms with Crippen molar-refractivity contribution in [3.63, 3.8) is 0 Å². The SMILES string of the molecule is COC(=O)c1ccc(CN2C(=O)C(O)=C(C(=O)c3ccco3)C2c2cccc(OC)c2)cc1. The van der Waals surface area contributed by atoms with Gasteiger partial charge in [0.25, 0.3) is 5.91 Å². The van der Waals surface area contributed by atoms with Gasteiger partial charge >= 0.3 is 5.97 Å². The number of aliphatic hydroxyl groups excluding tert-OH is 1. The highest BCUT2D eigenvalue weighted by molar-refractivity contribution is 6.15. The summed E-state index contributed by atoms with van der Waals surface area (Å²) in [5.41, 5.74) is 1.58. The molecule has 1 unspecified atom stereocenters. The largest absolute Gasteiger partial charge is 0.503 e. The molecule has 1 atom stereocenters. The zero-order valence-electron chi connectivity index (χ0n) is 18.0. The highest BCUT2D eigenvalue weighted by Gasteiger charge is 2.44. The van der Waals surface area contributed by atoms with Crippen LogP contribution in [0.4, 0.5) is 0 Å². The van der Waals surface area contributed by atoms with Crippen LogP contribution < -0.4 is 4.74 Å². The van der Waals surface area contributed by atoms with Gasteiger partial charge in [0.2, 0.25) is 5.78 Å². The molecule has 1 aromatic heterocycles. The molecule has 0 aliphatic carbocycles. The van der Waals surface area contributed by atoms with Gasteiger partial charge in [0.1, 0.15) is 5.75 Å². The molecule has 1 N–H and O–H groups in total. The van der Waals surface area contributed by atoms with E-state index < -0.39 is 29.5 Å². The number of carbonyl (C=O) groups is 3. The lowest BCUT2D eigenvalue weighted by Gasteiger charge is -2.27. The minimum atomic E-state index is -0.870. The third-order valence-corrected chi connectivity index (χ3v) is 5.43. The fourth-order valence-corrected chi connectivity index (χ4v) is 3.81. The van der Waals surface area contributed by atoms with E-state index >= 15 is 0 Å². The van der Waals surface area contributed by atoms with Gasteiger partial charge in [0.15, 0.2) is 11.5 Å². The molecule has 0 radical (unpaired) electrons. The van der Waals surface area contributed by atoms with Crippen LogP contribution in [-0.2, 0) is 16.1 Å². The van der Waals surface area contributed by atoms with E-state index in [0.717, 1.165) is 0 Å². The molecule has 8 nitrogen and oxygen atoms in total. The van der Waals surface area contributed by atoms with Gasteiger partial charge in [-0.25, -0.2) is 4.79 Å². The van der Waals surface area contributed by atoms with E-state index in [1.165, 1.54) is 31.4 Å². The van der Waals surface area contributed by atoms with Crippen LogP contribution in [0.15, 0.2) is 82.7 Å². The van der Waals surface area contributed by atoms with Gasteiger partial charge in [0.05, 0.1) is 37.7 Å². The van der Waals surface area contributed by atoms with Crippen molar-refractivity contribution >= 4 is 17.7 Å². The second-order valence-corrected chi connectivity index (χ2v) is 7.37. The maximum absolute atomic E-state index is 13.2. The predicted octanol–water partition coefficient (Wildman–Crippen LogP) is 3.85. The van der Waals surface area contributed by atoms with Gasteiger partial charge in [0, 0.05) is 6.54 Å². The van der Waals surface area contributed by atoms with Crippen molar-refractivity contribution in [1.29, 1.82) is 0 Å². The molecule has 1 aliphatic heterocycles. The Balaban J connectivity index is 1.74. The Labute approximate surface area is 189 Å². The van der Waals surface area contributed by atoms with E-state index in [0.29, 0.717) is 22.4 Å². The summed E-state index contributed by atoms with van der Waals surface area (Å²) < 4.78 is 15.2. The third-order valence-electron chi connectivity index (χ3n) is 5.43. The lowest BCUT2D eigenvalue weighted by atomic mass is 9.94. The lowest BCUT2D eigenvalue weighted by Crippen LogP contribution is -2.30. The van der Waals surface area contributed by atoms with Crippen LogP contribution in [0.2, 0.25) is 0 Å². The van der Waals surface area contributed by atoms with Crippen LogP contribution >= 0.6 is 0 Å². The van der Waals surface area contributed by atoms with E-state index in [9.17, 15) is 19.5 Å². The summed E-state index contributed by atoms with van der Waals surface area (Å²) in [5.74, 6) is -1.81. The highest BCUT2D eigenvalue weighted by atomic mass is 16.5. The molecule has 8 heteroatoms. The average Bonchev–Trinajstić information content (AvgIpc) is 3.47. The Morgan fingerprint density at radius 2 is 1.82 bits per heavy atom. The molecular formula is C25H21NO7. The molecule has 1 amide bonds. The second-order valence-electron chi connectivity index (χ2n) is 7.37. The number of methoxy groups -OCH3 is 2. The summed E-state index contributed by atoms with van der Waals surface area (Å²) in [4.78, 5) is 39.4. The van der Waals surface area contributed by atoms with Crippen molar-refractivity contribution in [2.24, 2.45) is 0 Å². The van der Waals surface area contributed by atoms with Crippen molar-refractivity contribution in [3.8, 4) is 5.75 Å². The molecule has 2 aromatic carbocycles. The minimum Gasteiger partial charge on any atom is -0.503 e. The topological polar surface area (TPSA) is 106 Å². The summed E-state index contributed by atoms with van der Waals surface area (Å²) in [7, 11) is 2.81. The number of esters is 1. The van der Waals surface area contributed by atoms with Gasteiger partial charge in [-0.2, -0.15) is 0 Å². The zero-order chi connectivity index (χ0) is 23.5. The van der Waals surface area contributed by atoms with E-state index in [1.807, 2.05) is 0 Å². The molecule has 0 saturated carbocycles. The average molecular weight is 447 g/mol. The molecule has 168 valence electrons. The number of rotatable bonds is 7. The lowest BCUT2D eigenvalue weighted by molar-refractivity contribution is -0.130. The number of benzene rings is 2. The molecule has 0 bridgehead atoms. The molecule has 0 saturated heterocycles. The van der Waals surface area contributed by atoms with Gasteiger partial charge in [-0.05, 0) is 47.5 Å². The first-order valence-electron chi connectivity index (χ1n) is 10.1. The van der Waals surface area contributed by atoms with Crippen LogP contribution in [-0.4, -0.2) is 41.9 Å². The third kappa shape index (κ3) is 4.10. The van der Waals surface area contributed by atoms with Crippen LogP contribution in [0.5, 0.6) is 5.75 Å². The van der Waals surface area contributed by atoms with Crippen LogP contribution in [0.25, 0.3) is 0 Å². The summed E-state index contributed by atoms with van der Waals surface area (Å²) in [5, 5.41) is 10.7. The van der Waals surface area contributed by atoms with Gasteiger partial charge < -0.3 is 23.9 Å². The van der Waals surface area contributed by atoms with Gasteiger partial charge in [-0.15, -0.1) is 0 Å². The number of carbonyl (C=O) groups excluding carboxylic acids is 3. The zero-order valence-corrected chi connectivity index (χ0v) is 18.0. The number of Topliss-reactive ketones (excluding diaryl/α,β-unsaturated/α-hetero) is 1. The van der Waals surface area contributed by atoms with Gasteiger partial charge in [-0.1, -0.05) is 24.3 Å². The number of ketones is 1. The van der Waals surface area contributed by atoms with Crippen LogP contribution in [0.1, 0.15) is 38.1 Å². The number of furan rings is 1. The molecule has 0 fully saturated rings. The number of amides is 1. The Morgan fingerprint density at radius 1 is 1.06 bits per heavy atom. The number of nitrogens with zero attached hydrogens (tertiary/aromatic N) is 1. The quantitative estimate of drug-likeness (QED) is 0.433. The number of ether oxygens (including phenoxy) is 2. The number of aliphatic hydroxyl groups is 1. The fraction of sp³-hybridized carbons (Fsp3) is 0.160. The molecule has 4 rings (SSSR count). The molecular weight excluding hydrogens is 426 g/mol.